The number of rotatable bonds is 12. The Morgan fingerprint density at radius 2 is 2.07 bits per heavy atom. The molecule has 3 atom stereocenters. The van der Waals surface area contributed by atoms with E-state index in [1.165, 1.54) is 15.4 Å². The third-order valence-electron chi connectivity index (χ3n) is 8.45. The van der Waals surface area contributed by atoms with E-state index >= 15 is 0 Å². The molecular weight excluding hydrogens is 568 g/mol. The molecule has 0 saturated carbocycles. The molecule has 2 fully saturated rings. The first-order valence-electron chi connectivity index (χ1n) is 15.4. The number of nitrogens with zero attached hydrogens (tertiary/aromatic N) is 4. The minimum atomic E-state index is -0.765. The topological polar surface area (TPSA) is 133 Å². The van der Waals surface area contributed by atoms with E-state index in [0.29, 0.717) is 24.8 Å². The number of ether oxygens (including phenoxy) is 1. The predicted octanol–water partition coefficient (Wildman–Crippen LogP) is 2.74. The molecule has 1 unspecified atom stereocenters. The van der Waals surface area contributed by atoms with Gasteiger partial charge < -0.3 is 34.8 Å². The van der Waals surface area contributed by atoms with E-state index < -0.39 is 18.1 Å². The second kappa shape index (κ2) is 14.6. The Balaban J connectivity index is 1.16. The van der Waals surface area contributed by atoms with Gasteiger partial charge in [-0.3, -0.25) is 9.59 Å². The molecule has 11 nitrogen and oxygen atoms in total. The molecule has 2 aromatic rings. The predicted molar refractivity (Wildman–Crippen MR) is 165 cm³/mol. The maximum atomic E-state index is 13.8. The Labute approximate surface area is 257 Å². The molecule has 3 aliphatic rings. The number of aryl methyl sites for hydroxylation is 1. The van der Waals surface area contributed by atoms with Crippen LogP contribution in [0.4, 0.5) is 0 Å². The lowest BCUT2D eigenvalue weighted by molar-refractivity contribution is -0.140. The first-order valence-corrected chi connectivity index (χ1v) is 16.3. The molecule has 2 aliphatic heterocycles. The van der Waals surface area contributed by atoms with Crippen LogP contribution in [-0.2, 0) is 9.59 Å². The van der Waals surface area contributed by atoms with Gasteiger partial charge in [0.15, 0.2) is 5.76 Å². The Hall–Kier alpha value is -3.06. The molecule has 0 radical (unpaired) electrons. The van der Waals surface area contributed by atoms with E-state index in [2.05, 4.69) is 37.8 Å². The molecule has 2 saturated heterocycles. The summed E-state index contributed by atoms with van der Waals surface area (Å²) in [5.74, 6) is -0.508. The standard InChI is InChI=1S/C31H44N6O5S/c1-20(2)28(26-16-27(35-42-26)41-14-4-11-36-12-9-32-10-13-36)31(40)37-18-24(38)15-25(37)30(39)33-17-22-5-7-23(8-6-22)29-21(3)34-19-43-29/h5,7,16,19-20,24-25,28,32,38H,4,6,8-15,17-18H2,1-3H3,(H,33,39)/t24-,25+,28?/m1/s1. The molecule has 0 aromatic carbocycles. The summed E-state index contributed by atoms with van der Waals surface area (Å²) in [5.41, 5.74) is 5.30. The fourth-order valence-electron chi connectivity index (χ4n) is 6.05. The van der Waals surface area contributed by atoms with Crippen molar-refractivity contribution in [3.8, 4) is 5.88 Å². The molecule has 0 spiro atoms. The minimum Gasteiger partial charge on any atom is -0.475 e. The van der Waals surface area contributed by atoms with Crippen molar-refractivity contribution in [2.24, 2.45) is 5.92 Å². The second-order valence-corrected chi connectivity index (χ2v) is 12.8. The van der Waals surface area contributed by atoms with Gasteiger partial charge in [-0.15, -0.1) is 11.3 Å². The lowest BCUT2D eigenvalue weighted by Gasteiger charge is -2.28. The van der Waals surface area contributed by atoms with Crippen molar-refractivity contribution in [3.05, 3.63) is 45.6 Å². The van der Waals surface area contributed by atoms with Crippen LogP contribution in [-0.4, -0.2) is 101 Å². The van der Waals surface area contributed by atoms with Crippen LogP contribution < -0.4 is 15.4 Å². The molecule has 2 amide bonds. The molecule has 234 valence electrons. The summed E-state index contributed by atoms with van der Waals surface area (Å²) in [7, 11) is 0. The van der Waals surface area contributed by atoms with E-state index in [1.54, 1.807) is 17.4 Å². The van der Waals surface area contributed by atoms with Crippen molar-refractivity contribution in [2.75, 3.05) is 52.4 Å². The van der Waals surface area contributed by atoms with Crippen molar-refractivity contribution in [3.63, 3.8) is 0 Å². The fourth-order valence-corrected chi connectivity index (χ4v) is 6.91. The van der Waals surface area contributed by atoms with Crippen molar-refractivity contribution in [2.45, 2.75) is 64.5 Å². The summed E-state index contributed by atoms with van der Waals surface area (Å²) in [6.45, 7) is 12.0. The molecule has 3 N–H and O–H groups in total. The van der Waals surface area contributed by atoms with Gasteiger partial charge in [0.05, 0.1) is 28.8 Å². The van der Waals surface area contributed by atoms with Gasteiger partial charge in [0.2, 0.25) is 11.8 Å². The molecule has 5 rings (SSSR count). The van der Waals surface area contributed by atoms with Crippen molar-refractivity contribution < 1.29 is 24.0 Å². The van der Waals surface area contributed by atoms with Gasteiger partial charge in [0.1, 0.15) is 12.0 Å². The third-order valence-corrected chi connectivity index (χ3v) is 9.46. The molecule has 2 aromatic heterocycles. The summed E-state index contributed by atoms with van der Waals surface area (Å²) >= 11 is 1.65. The van der Waals surface area contributed by atoms with E-state index in [4.69, 9.17) is 9.26 Å². The van der Waals surface area contributed by atoms with Gasteiger partial charge in [-0.2, -0.15) is 0 Å². The summed E-state index contributed by atoms with van der Waals surface area (Å²) in [5, 5.41) is 20.9. The maximum Gasteiger partial charge on any atom is 0.254 e. The molecular formula is C31H44N6O5S. The zero-order chi connectivity index (χ0) is 30.3. The van der Waals surface area contributed by atoms with Gasteiger partial charge in [-0.25, -0.2) is 4.98 Å². The number of aromatic nitrogens is 2. The van der Waals surface area contributed by atoms with Crippen LogP contribution in [0.5, 0.6) is 5.88 Å². The highest BCUT2D eigenvalue weighted by molar-refractivity contribution is 7.10. The SMILES string of the molecule is Cc1ncsc1C1=CC=C(CNC(=O)[C@@H]2C[C@@H](O)CN2C(=O)C(c2cc(OCCCN3CCNCC3)no2)C(C)C)CC1. The molecule has 0 bridgehead atoms. The average molecular weight is 613 g/mol. The lowest BCUT2D eigenvalue weighted by atomic mass is 9.91. The number of thiazole rings is 1. The van der Waals surface area contributed by atoms with Crippen LogP contribution in [0.2, 0.25) is 0 Å². The summed E-state index contributed by atoms with van der Waals surface area (Å²) in [6, 6.07) is 0.933. The Bertz CT molecular complexity index is 1310. The fraction of sp³-hybridized carbons (Fsp3) is 0.613. The number of aliphatic hydroxyl groups excluding tert-OH is 1. The number of allylic oxidation sites excluding steroid dienone is 3. The van der Waals surface area contributed by atoms with Crippen molar-refractivity contribution >= 4 is 28.7 Å². The maximum absolute atomic E-state index is 13.8. The van der Waals surface area contributed by atoms with E-state index in [1.807, 2.05) is 26.3 Å². The van der Waals surface area contributed by atoms with Crippen LogP contribution >= 0.6 is 11.3 Å². The van der Waals surface area contributed by atoms with Gasteiger partial charge in [0.25, 0.3) is 5.88 Å². The van der Waals surface area contributed by atoms with Gasteiger partial charge in [-0.1, -0.05) is 31.6 Å². The van der Waals surface area contributed by atoms with Crippen LogP contribution in [0, 0.1) is 12.8 Å². The summed E-state index contributed by atoms with van der Waals surface area (Å²) < 4.78 is 11.4. The number of β-amino-alcohol motifs (C(OH)–C–C–N with tert-alkyl or cyclic N) is 1. The van der Waals surface area contributed by atoms with Gasteiger partial charge in [-0.05, 0) is 42.8 Å². The average Bonchev–Trinajstić information content (AvgIpc) is 3.75. The highest BCUT2D eigenvalue weighted by Crippen LogP contribution is 2.33. The Kier molecular flexibility index (Phi) is 10.7. The number of carbonyl (C=O) groups excluding carboxylic acids is 2. The number of aliphatic hydroxyl groups is 1. The Morgan fingerprint density at radius 3 is 2.77 bits per heavy atom. The van der Waals surface area contributed by atoms with Crippen molar-refractivity contribution in [1.82, 2.24) is 30.6 Å². The quantitative estimate of drug-likeness (QED) is 0.310. The van der Waals surface area contributed by atoms with Crippen molar-refractivity contribution in [1.29, 1.82) is 0 Å². The van der Waals surface area contributed by atoms with Gasteiger partial charge >= 0.3 is 0 Å². The smallest absolute Gasteiger partial charge is 0.254 e. The number of hydrogen-bond donors (Lipinski definition) is 3. The molecule has 4 heterocycles. The number of likely N-dealkylation sites (tertiary alicyclic amines) is 1. The summed E-state index contributed by atoms with van der Waals surface area (Å²) in [6.07, 6.45) is 6.22. The third kappa shape index (κ3) is 7.91. The summed E-state index contributed by atoms with van der Waals surface area (Å²) in [4.78, 5) is 36.6. The number of nitrogens with one attached hydrogen (secondary N) is 2. The number of carbonyl (C=O) groups is 2. The monoisotopic (exact) mass is 612 g/mol. The Morgan fingerprint density at radius 1 is 1.26 bits per heavy atom. The highest BCUT2D eigenvalue weighted by atomic mass is 32.1. The second-order valence-electron chi connectivity index (χ2n) is 12.0. The molecule has 12 heteroatoms. The number of piperazine rings is 1. The van der Waals surface area contributed by atoms with Crippen LogP contribution in [0.25, 0.3) is 5.57 Å². The first-order chi connectivity index (χ1) is 20.8. The van der Waals surface area contributed by atoms with Crippen LogP contribution in [0.3, 0.4) is 0 Å². The first kappa shape index (κ1) is 31.4. The normalized spacial score (nSPS) is 21.9. The zero-order valence-corrected chi connectivity index (χ0v) is 26.2. The minimum absolute atomic E-state index is 0.104. The molecule has 1 aliphatic carbocycles. The van der Waals surface area contributed by atoms with Crippen LogP contribution in [0.1, 0.15) is 61.8 Å². The largest absolute Gasteiger partial charge is 0.475 e. The zero-order valence-electron chi connectivity index (χ0n) is 25.4. The number of amides is 2. The van der Waals surface area contributed by atoms with Gasteiger partial charge in [0, 0.05) is 58.3 Å². The number of hydrogen-bond acceptors (Lipinski definition) is 10. The highest BCUT2D eigenvalue weighted by Gasteiger charge is 2.43. The lowest BCUT2D eigenvalue weighted by Crippen LogP contribution is -2.48. The molecule has 43 heavy (non-hydrogen) atoms. The van der Waals surface area contributed by atoms with E-state index in [0.717, 1.165) is 63.3 Å². The van der Waals surface area contributed by atoms with Crippen LogP contribution in [0.15, 0.2) is 33.8 Å². The van der Waals surface area contributed by atoms with E-state index in [-0.39, 0.29) is 30.7 Å². The van der Waals surface area contributed by atoms with E-state index in [9.17, 15) is 14.7 Å².